The van der Waals surface area contributed by atoms with E-state index < -0.39 is 0 Å². The molecule has 0 fully saturated rings. The molecule has 0 aliphatic heterocycles. The predicted molar refractivity (Wildman–Crippen MR) is 126 cm³/mol. The lowest BCUT2D eigenvalue weighted by Crippen LogP contribution is -2.39. The third-order valence-corrected chi connectivity index (χ3v) is 6.27. The van der Waals surface area contributed by atoms with Gasteiger partial charge in [-0.25, -0.2) is 0 Å². The van der Waals surface area contributed by atoms with Gasteiger partial charge in [0.2, 0.25) is 0 Å². The number of hydrogen-bond acceptors (Lipinski definition) is 1. The molecule has 1 heteroatoms. The number of unbranched alkanes of at least 4 members (excludes halogenated alkanes) is 16. The first-order valence-electron chi connectivity index (χ1n) is 13.0. The molecule has 2 N–H and O–H groups in total. The van der Waals surface area contributed by atoms with Crippen LogP contribution in [-0.4, -0.2) is 5.54 Å². The first-order chi connectivity index (χ1) is 13.2. The van der Waals surface area contributed by atoms with Crippen molar-refractivity contribution in [1.82, 2.24) is 0 Å². The maximum atomic E-state index is 6.59. The van der Waals surface area contributed by atoms with E-state index in [-0.39, 0.29) is 5.54 Å². The highest BCUT2D eigenvalue weighted by molar-refractivity contribution is 4.82. The summed E-state index contributed by atoms with van der Waals surface area (Å²) in [6.07, 6.45) is 30.7. The van der Waals surface area contributed by atoms with Crippen LogP contribution in [0.25, 0.3) is 0 Å². The van der Waals surface area contributed by atoms with Gasteiger partial charge in [-0.2, -0.15) is 0 Å². The van der Waals surface area contributed by atoms with E-state index in [2.05, 4.69) is 20.8 Å². The average Bonchev–Trinajstić information content (AvgIpc) is 2.64. The van der Waals surface area contributed by atoms with Crippen molar-refractivity contribution in [1.29, 1.82) is 0 Å². The van der Waals surface area contributed by atoms with Crippen LogP contribution in [-0.2, 0) is 0 Å². The largest absolute Gasteiger partial charge is 0.325 e. The molecular formula is C26H55N. The van der Waals surface area contributed by atoms with Crippen molar-refractivity contribution in [3.8, 4) is 0 Å². The van der Waals surface area contributed by atoms with Crippen molar-refractivity contribution >= 4 is 0 Å². The van der Waals surface area contributed by atoms with E-state index in [4.69, 9.17) is 5.73 Å². The van der Waals surface area contributed by atoms with Gasteiger partial charge in [0.1, 0.15) is 0 Å². The molecule has 0 rings (SSSR count). The fraction of sp³-hybridized carbons (Fsp3) is 1.00. The molecule has 0 aromatic heterocycles. The van der Waals surface area contributed by atoms with Crippen LogP contribution in [0.1, 0.15) is 162 Å². The molecule has 0 aromatic carbocycles. The summed E-state index contributed by atoms with van der Waals surface area (Å²) >= 11 is 0. The van der Waals surface area contributed by atoms with Gasteiger partial charge in [0.15, 0.2) is 0 Å². The van der Waals surface area contributed by atoms with Gasteiger partial charge in [0.25, 0.3) is 0 Å². The zero-order chi connectivity index (χ0) is 20.1. The van der Waals surface area contributed by atoms with Crippen molar-refractivity contribution < 1.29 is 0 Å². The lowest BCUT2D eigenvalue weighted by Gasteiger charge is -2.29. The highest BCUT2D eigenvalue weighted by Gasteiger charge is 2.21. The summed E-state index contributed by atoms with van der Waals surface area (Å²) < 4.78 is 0. The molecule has 27 heavy (non-hydrogen) atoms. The van der Waals surface area contributed by atoms with Crippen molar-refractivity contribution in [3.05, 3.63) is 0 Å². The number of hydrogen-bond donors (Lipinski definition) is 1. The Balaban J connectivity index is 3.25. The summed E-state index contributed by atoms with van der Waals surface area (Å²) in [5.74, 6) is 0. The quantitative estimate of drug-likeness (QED) is 0.186. The SMILES string of the molecule is CCCCCCCCCCCCCCCCCCCC(N)(CCC)CCC. The Morgan fingerprint density at radius 2 is 0.667 bits per heavy atom. The van der Waals surface area contributed by atoms with Gasteiger partial charge in [-0.05, 0) is 19.3 Å². The molecule has 0 radical (unpaired) electrons. The van der Waals surface area contributed by atoms with Gasteiger partial charge in [-0.1, -0.05) is 143 Å². The first-order valence-corrected chi connectivity index (χ1v) is 13.0. The van der Waals surface area contributed by atoms with Gasteiger partial charge in [0.05, 0.1) is 0 Å². The zero-order valence-corrected chi connectivity index (χ0v) is 19.6. The molecule has 0 saturated carbocycles. The smallest absolute Gasteiger partial charge is 0.0154 e. The van der Waals surface area contributed by atoms with Gasteiger partial charge in [-0.15, -0.1) is 0 Å². The van der Waals surface area contributed by atoms with Crippen molar-refractivity contribution in [2.45, 2.75) is 168 Å². The molecule has 0 saturated heterocycles. The lowest BCUT2D eigenvalue weighted by molar-refractivity contribution is 0.320. The maximum Gasteiger partial charge on any atom is 0.0154 e. The van der Waals surface area contributed by atoms with E-state index in [0.717, 1.165) is 0 Å². The summed E-state index contributed by atoms with van der Waals surface area (Å²) in [5, 5.41) is 0. The Kier molecular flexibility index (Phi) is 20.7. The second-order valence-corrected chi connectivity index (χ2v) is 9.27. The van der Waals surface area contributed by atoms with Crippen LogP contribution in [0, 0.1) is 0 Å². The molecule has 1 nitrogen and oxygen atoms in total. The van der Waals surface area contributed by atoms with E-state index >= 15 is 0 Å². The second kappa shape index (κ2) is 20.7. The molecule has 0 heterocycles. The topological polar surface area (TPSA) is 26.0 Å². The van der Waals surface area contributed by atoms with E-state index in [1.54, 1.807) is 0 Å². The third kappa shape index (κ3) is 19.1. The minimum Gasteiger partial charge on any atom is -0.325 e. The fourth-order valence-corrected chi connectivity index (χ4v) is 4.57. The Bertz CT molecular complexity index is 267. The highest BCUT2D eigenvalue weighted by Crippen LogP contribution is 2.24. The third-order valence-electron chi connectivity index (χ3n) is 6.27. The molecule has 0 spiro atoms. The standard InChI is InChI=1S/C26H55N/c1-4-7-8-9-10-11-12-13-14-15-16-17-18-19-20-21-22-25-26(27,23-5-2)24-6-3/h4-25,27H2,1-3H3. The number of rotatable bonds is 22. The molecule has 164 valence electrons. The van der Waals surface area contributed by atoms with Crippen LogP contribution < -0.4 is 5.73 Å². The van der Waals surface area contributed by atoms with Crippen LogP contribution in [0.3, 0.4) is 0 Å². The molecule has 0 aliphatic rings. The van der Waals surface area contributed by atoms with Crippen LogP contribution >= 0.6 is 0 Å². The zero-order valence-electron chi connectivity index (χ0n) is 19.6. The molecular weight excluding hydrogens is 326 g/mol. The summed E-state index contributed by atoms with van der Waals surface area (Å²) in [6, 6.07) is 0. The van der Waals surface area contributed by atoms with Gasteiger partial charge >= 0.3 is 0 Å². The molecule has 0 aliphatic carbocycles. The maximum absolute atomic E-state index is 6.59. The average molecular weight is 382 g/mol. The highest BCUT2D eigenvalue weighted by atomic mass is 14.7. The Hall–Kier alpha value is -0.0400. The predicted octanol–water partition coefficient (Wildman–Crippen LogP) is 9.33. The minimum atomic E-state index is 0.138. The summed E-state index contributed by atoms with van der Waals surface area (Å²) in [5.41, 5.74) is 6.72. The van der Waals surface area contributed by atoms with E-state index in [1.807, 2.05) is 0 Å². The second-order valence-electron chi connectivity index (χ2n) is 9.27. The van der Waals surface area contributed by atoms with Crippen LogP contribution in [0.4, 0.5) is 0 Å². The Morgan fingerprint density at radius 1 is 0.370 bits per heavy atom. The first kappa shape index (κ1) is 27.0. The Morgan fingerprint density at radius 3 is 0.963 bits per heavy atom. The summed E-state index contributed by atoms with van der Waals surface area (Å²) in [6.45, 7) is 6.84. The summed E-state index contributed by atoms with van der Waals surface area (Å²) in [7, 11) is 0. The van der Waals surface area contributed by atoms with Crippen molar-refractivity contribution in [3.63, 3.8) is 0 Å². The number of nitrogens with two attached hydrogens (primary N) is 1. The molecule has 0 aromatic rings. The minimum absolute atomic E-state index is 0.138. The van der Waals surface area contributed by atoms with Crippen molar-refractivity contribution in [2.24, 2.45) is 5.73 Å². The van der Waals surface area contributed by atoms with Crippen molar-refractivity contribution in [2.75, 3.05) is 0 Å². The fourth-order valence-electron chi connectivity index (χ4n) is 4.57. The lowest BCUT2D eigenvalue weighted by atomic mass is 9.84. The molecule has 0 unspecified atom stereocenters. The van der Waals surface area contributed by atoms with E-state index in [0.29, 0.717) is 0 Å². The summed E-state index contributed by atoms with van der Waals surface area (Å²) in [4.78, 5) is 0. The molecule has 0 bridgehead atoms. The molecule has 0 atom stereocenters. The van der Waals surface area contributed by atoms with Crippen LogP contribution in [0.2, 0.25) is 0 Å². The van der Waals surface area contributed by atoms with Crippen LogP contribution in [0.15, 0.2) is 0 Å². The van der Waals surface area contributed by atoms with Gasteiger partial charge < -0.3 is 5.73 Å². The van der Waals surface area contributed by atoms with Gasteiger partial charge in [-0.3, -0.25) is 0 Å². The van der Waals surface area contributed by atoms with Crippen LogP contribution in [0.5, 0.6) is 0 Å². The Labute approximate surface area is 173 Å². The van der Waals surface area contributed by atoms with E-state index in [9.17, 15) is 0 Å². The van der Waals surface area contributed by atoms with Gasteiger partial charge in [0, 0.05) is 5.54 Å². The van der Waals surface area contributed by atoms with E-state index in [1.165, 1.54) is 141 Å². The monoisotopic (exact) mass is 381 g/mol. The molecule has 0 amide bonds. The normalized spacial score (nSPS) is 12.0.